The molecular formula is C23H19N3O2S. The third kappa shape index (κ3) is 4.33. The Labute approximate surface area is 173 Å². The van der Waals surface area contributed by atoms with Crippen molar-refractivity contribution in [3.63, 3.8) is 0 Å². The molecule has 0 aliphatic heterocycles. The maximum Gasteiger partial charge on any atom is 0.257 e. The molecule has 5 nitrogen and oxygen atoms in total. The highest BCUT2D eigenvalue weighted by molar-refractivity contribution is 7.80. The molecule has 0 spiro atoms. The van der Waals surface area contributed by atoms with Crippen LogP contribution < -0.4 is 10.6 Å². The average molecular weight is 401 g/mol. The number of carbonyl (C=O) groups is 1. The van der Waals surface area contributed by atoms with Crippen molar-refractivity contribution >= 4 is 40.0 Å². The van der Waals surface area contributed by atoms with Crippen LogP contribution in [0.3, 0.4) is 0 Å². The van der Waals surface area contributed by atoms with E-state index in [0.29, 0.717) is 11.5 Å². The summed E-state index contributed by atoms with van der Waals surface area (Å²) in [6.45, 7) is 3.95. The Morgan fingerprint density at radius 2 is 1.76 bits per heavy atom. The summed E-state index contributed by atoms with van der Waals surface area (Å²) >= 11 is 5.29. The van der Waals surface area contributed by atoms with E-state index in [2.05, 4.69) is 15.6 Å². The summed E-state index contributed by atoms with van der Waals surface area (Å²) in [5.41, 5.74) is 5.81. The molecule has 0 fully saturated rings. The van der Waals surface area contributed by atoms with E-state index < -0.39 is 0 Å². The van der Waals surface area contributed by atoms with Crippen molar-refractivity contribution in [3.05, 3.63) is 83.4 Å². The summed E-state index contributed by atoms with van der Waals surface area (Å²) in [6, 6.07) is 20.8. The largest absolute Gasteiger partial charge is 0.436 e. The summed E-state index contributed by atoms with van der Waals surface area (Å²) in [5, 5.41) is 5.97. The molecule has 1 amide bonds. The zero-order valence-corrected chi connectivity index (χ0v) is 16.8. The molecule has 0 saturated carbocycles. The van der Waals surface area contributed by atoms with Gasteiger partial charge in [-0.25, -0.2) is 4.98 Å². The quantitative estimate of drug-likeness (QED) is 0.460. The van der Waals surface area contributed by atoms with Gasteiger partial charge in [0.1, 0.15) is 5.52 Å². The summed E-state index contributed by atoms with van der Waals surface area (Å²) in [4.78, 5) is 16.9. The van der Waals surface area contributed by atoms with Crippen molar-refractivity contribution in [1.29, 1.82) is 0 Å². The lowest BCUT2D eigenvalue weighted by molar-refractivity contribution is 0.0977. The number of nitrogens with one attached hydrogen (secondary N) is 2. The topological polar surface area (TPSA) is 67.2 Å². The number of nitrogens with zero attached hydrogens (tertiary/aromatic N) is 1. The van der Waals surface area contributed by atoms with Crippen molar-refractivity contribution in [2.75, 3.05) is 5.32 Å². The van der Waals surface area contributed by atoms with E-state index in [0.717, 1.165) is 33.5 Å². The number of fused-ring (bicyclic) bond motifs is 1. The molecule has 0 saturated heterocycles. The molecular weight excluding hydrogens is 382 g/mol. The molecule has 0 atom stereocenters. The SMILES string of the molecule is Cc1cccc(C(=O)NC(=S)Nc2cccc(-c3nc4cc(C)ccc4o3)c2)c1. The summed E-state index contributed by atoms with van der Waals surface area (Å²) in [5.74, 6) is 0.278. The van der Waals surface area contributed by atoms with E-state index in [1.165, 1.54) is 0 Å². The van der Waals surface area contributed by atoms with Crippen LogP contribution in [-0.4, -0.2) is 16.0 Å². The number of thiocarbonyl (C=S) groups is 1. The van der Waals surface area contributed by atoms with Crippen molar-refractivity contribution in [3.8, 4) is 11.5 Å². The van der Waals surface area contributed by atoms with Gasteiger partial charge in [0.25, 0.3) is 5.91 Å². The fraction of sp³-hybridized carbons (Fsp3) is 0.0870. The second-order valence-electron chi connectivity index (χ2n) is 6.85. The fourth-order valence-electron chi connectivity index (χ4n) is 3.01. The van der Waals surface area contributed by atoms with Gasteiger partial charge in [-0.15, -0.1) is 0 Å². The van der Waals surface area contributed by atoms with Crippen LogP contribution in [0.15, 0.2) is 71.1 Å². The molecule has 3 aromatic carbocycles. The number of aromatic nitrogens is 1. The number of hydrogen-bond acceptors (Lipinski definition) is 4. The van der Waals surface area contributed by atoms with Crippen LogP contribution in [0.5, 0.6) is 0 Å². The smallest absolute Gasteiger partial charge is 0.257 e. The van der Waals surface area contributed by atoms with Crippen LogP contribution in [0.2, 0.25) is 0 Å². The molecule has 1 heterocycles. The minimum atomic E-state index is -0.253. The van der Waals surface area contributed by atoms with Gasteiger partial charge in [-0.05, 0) is 74.1 Å². The third-order valence-electron chi connectivity index (χ3n) is 4.42. The van der Waals surface area contributed by atoms with Crippen LogP contribution in [0.25, 0.3) is 22.6 Å². The first-order valence-electron chi connectivity index (χ1n) is 9.14. The molecule has 144 valence electrons. The molecule has 0 bridgehead atoms. The molecule has 1 aromatic heterocycles. The van der Waals surface area contributed by atoms with Gasteiger partial charge in [0, 0.05) is 16.8 Å². The number of rotatable bonds is 3. The lowest BCUT2D eigenvalue weighted by atomic mass is 10.1. The first kappa shape index (κ1) is 18.8. The molecule has 2 N–H and O–H groups in total. The number of carbonyl (C=O) groups excluding carboxylic acids is 1. The molecule has 6 heteroatoms. The number of benzene rings is 3. The van der Waals surface area contributed by atoms with E-state index in [9.17, 15) is 4.79 Å². The van der Waals surface area contributed by atoms with Crippen molar-refractivity contribution in [2.45, 2.75) is 13.8 Å². The Morgan fingerprint density at radius 1 is 0.966 bits per heavy atom. The first-order valence-corrected chi connectivity index (χ1v) is 9.55. The Kier molecular flexibility index (Phi) is 5.10. The lowest BCUT2D eigenvalue weighted by Gasteiger charge is -2.10. The van der Waals surface area contributed by atoms with E-state index in [1.54, 1.807) is 6.07 Å². The van der Waals surface area contributed by atoms with Gasteiger partial charge in [0.2, 0.25) is 5.89 Å². The first-order chi connectivity index (χ1) is 14.0. The molecule has 0 aliphatic rings. The summed E-state index contributed by atoms with van der Waals surface area (Å²) in [6.07, 6.45) is 0. The molecule has 0 aliphatic carbocycles. The average Bonchev–Trinajstić information content (AvgIpc) is 3.11. The second-order valence-corrected chi connectivity index (χ2v) is 7.26. The van der Waals surface area contributed by atoms with Crippen molar-refractivity contribution in [2.24, 2.45) is 0 Å². The Bertz CT molecular complexity index is 1230. The number of aryl methyl sites for hydroxylation is 2. The van der Waals surface area contributed by atoms with Gasteiger partial charge in [-0.2, -0.15) is 0 Å². The summed E-state index contributed by atoms with van der Waals surface area (Å²) in [7, 11) is 0. The van der Waals surface area contributed by atoms with E-state index in [1.807, 2.05) is 74.5 Å². The molecule has 4 rings (SSSR count). The minimum absolute atomic E-state index is 0.224. The fourth-order valence-corrected chi connectivity index (χ4v) is 3.23. The van der Waals surface area contributed by atoms with Crippen molar-refractivity contribution < 1.29 is 9.21 Å². The molecule has 4 aromatic rings. The van der Waals surface area contributed by atoms with Gasteiger partial charge in [0.15, 0.2) is 10.7 Å². The lowest BCUT2D eigenvalue weighted by Crippen LogP contribution is -2.34. The zero-order chi connectivity index (χ0) is 20.4. The standard InChI is InChI=1S/C23H19N3O2S/c1-14-5-3-6-16(11-14)21(27)26-23(29)24-18-8-4-7-17(13-18)22-25-19-12-15(2)9-10-20(19)28-22/h3-13H,1-2H3,(H2,24,26,27,29). The van der Waals surface area contributed by atoms with Crippen LogP contribution in [0, 0.1) is 13.8 Å². The van der Waals surface area contributed by atoms with Gasteiger partial charge in [-0.1, -0.05) is 29.8 Å². The normalized spacial score (nSPS) is 10.7. The van der Waals surface area contributed by atoms with Crippen LogP contribution >= 0.6 is 12.2 Å². The monoisotopic (exact) mass is 401 g/mol. The number of anilines is 1. The van der Waals surface area contributed by atoms with Gasteiger partial charge >= 0.3 is 0 Å². The van der Waals surface area contributed by atoms with Crippen molar-refractivity contribution in [1.82, 2.24) is 10.3 Å². The second kappa shape index (κ2) is 7.85. The molecule has 29 heavy (non-hydrogen) atoms. The van der Waals surface area contributed by atoms with Gasteiger partial charge in [-0.3, -0.25) is 10.1 Å². The van der Waals surface area contributed by atoms with Gasteiger partial charge in [0.05, 0.1) is 0 Å². The minimum Gasteiger partial charge on any atom is -0.436 e. The van der Waals surface area contributed by atoms with Crippen LogP contribution in [-0.2, 0) is 0 Å². The molecule has 0 radical (unpaired) electrons. The Hall–Kier alpha value is -3.51. The zero-order valence-electron chi connectivity index (χ0n) is 16.0. The summed E-state index contributed by atoms with van der Waals surface area (Å²) < 4.78 is 5.86. The van der Waals surface area contributed by atoms with E-state index in [4.69, 9.17) is 16.6 Å². The maximum atomic E-state index is 12.3. The Balaban J connectivity index is 1.49. The number of oxazole rings is 1. The molecule has 0 unspecified atom stereocenters. The van der Waals surface area contributed by atoms with Crippen LogP contribution in [0.1, 0.15) is 21.5 Å². The maximum absolute atomic E-state index is 12.3. The highest BCUT2D eigenvalue weighted by atomic mass is 32.1. The predicted octanol–water partition coefficient (Wildman–Crippen LogP) is 5.24. The van der Waals surface area contributed by atoms with Crippen LogP contribution in [0.4, 0.5) is 5.69 Å². The highest BCUT2D eigenvalue weighted by Gasteiger charge is 2.11. The predicted molar refractivity (Wildman–Crippen MR) is 119 cm³/mol. The van der Waals surface area contributed by atoms with E-state index in [-0.39, 0.29) is 11.0 Å². The third-order valence-corrected chi connectivity index (χ3v) is 4.62. The van der Waals surface area contributed by atoms with E-state index >= 15 is 0 Å². The number of amides is 1. The highest BCUT2D eigenvalue weighted by Crippen LogP contribution is 2.26. The van der Waals surface area contributed by atoms with Gasteiger partial charge < -0.3 is 9.73 Å². The number of hydrogen-bond donors (Lipinski definition) is 2. The Morgan fingerprint density at radius 3 is 2.59 bits per heavy atom.